The van der Waals surface area contributed by atoms with Crippen molar-refractivity contribution in [2.75, 3.05) is 31.6 Å². The molecule has 0 atom stereocenters. The SMILES string of the molecule is CCNC(=NCC1(CS(C)(=O)=O)CC1)NCC1(CC)CCC1. The van der Waals surface area contributed by atoms with Crippen molar-refractivity contribution >= 4 is 15.8 Å². The molecule has 2 rings (SSSR count). The first-order chi connectivity index (χ1) is 10.3. The summed E-state index contributed by atoms with van der Waals surface area (Å²) in [5.74, 6) is 1.10. The van der Waals surface area contributed by atoms with Crippen LogP contribution in [-0.2, 0) is 9.84 Å². The fourth-order valence-corrected chi connectivity index (χ4v) is 4.77. The van der Waals surface area contributed by atoms with Crippen LogP contribution in [0.5, 0.6) is 0 Å². The Balaban J connectivity index is 1.90. The summed E-state index contributed by atoms with van der Waals surface area (Å²) in [4.78, 5) is 4.66. The Morgan fingerprint density at radius 2 is 1.77 bits per heavy atom. The highest BCUT2D eigenvalue weighted by atomic mass is 32.2. The highest BCUT2D eigenvalue weighted by molar-refractivity contribution is 7.90. The van der Waals surface area contributed by atoms with Gasteiger partial charge in [0.1, 0.15) is 9.84 Å². The molecule has 0 aromatic rings. The molecule has 0 aromatic heterocycles. The van der Waals surface area contributed by atoms with E-state index in [0.717, 1.165) is 31.9 Å². The smallest absolute Gasteiger partial charge is 0.191 e. The molecule has 5 nitrogen and oxygen atoms in total. The Kier molecular flexibility index (Phi) is 5.41. The first-order valence-electron chi connectivity index (χ1n) is 8.52. The molecule has 2 N–H and O–H groups in total. The summed E-state index contributed by atoms with van der Waals surface area (Å²) in [7, 11) is -2.92. The molecule has 0 amide bonds. The molecule has 0 unspecified atom stereocenters. The highest BCUT2D eigenvalue weighted by Gasteiger charge is 2.45. The number of nitrogens with zero attached hydrogens (tertiary/aromatic N) is 1. The fourth-order valence-electron chi connectivity index (χ4n) is 3.27. The van der Waals surface area contributed by atoms with E-state index < -0.39 is 9.84 Å². The number of rotatable bonds is 8. The van der Waals surface area contributed by atoms with Gasteiger partial charge in [-0.3, -0.25) is 4.99 Å². The molecule has 2 aliphatic carbocycles. The number of guanidine groups is 1. The predicted octanol–water partition coefficient (Wildman–Crippen LogP) is 1.95. The summed E-state index contributed by atoms with van der Waals surface area (Å²) < 4.78 is 23.0. The van der Waals surface area contributed by atoms with Crippen molar-refractivity contribution in [1.29, 1.82) is 0 Å². The van der Waals surface area contributed by atoms with E-state index >= 15 is 0 Å². The average Bonchev–Trinajstić information content (AvgIpc) is 3.13. The standard InChI is InChI=1S/C16H31N3O2S/c1-4-15(7-6-8-15)11-18-14(17-5-2)19-12-16(9-10-16)13-22(3,20)21/h4-13H2,1-3H3,(H2,17,18,19). The van der Waals surface area contributed by atoms with Crippen molar-refractivity contribution in [2.24, 2.45) is 15.8 Å². The largest absolute Gasteiger partial charge is 0.357 e. The second-order valence-electron chi connectivity index (χ2n) is 7.33. The van der Waals surface area contributed by atoms with E-state index in [1.54, 1.807) is 0 Å². The van der Waals surface area contributed by atoms with Gasteiger partial charge in [-0.15, -0.1) is 0 Å². The molecule has 22 heavy (non-hydrogen) atoms. The summed E-state index contributed by atoms with van der Waals surface area (Å²) in [5, 5.41) is 6.75. The van der Waals surface area contributed by atoms with Crippen LogP contribution in [0.2, 0.25) is 0 Å². The minimum Gasteiger partial charge on any atom is -0.357 e. The van der Waals surface area contributed by atoms with E-state index in [-0.39, 0.29) is 11.2 Å². The van der Waals surface area contributed by atoms with Crippen molar-refractivity contribution in [3.05, 3.63) is 0 Å². The van der Waals surface area contributed by atoms with E-state index in [1.165, 1.54) is 31.9 Å². The molecule has 2 fully saturated rings. The highest BCUT2D eigenvalue weighted by Crippen LogP contribution is 2.47. The minimum absolute atomic E-state index is 0.102. The maximum Gasteiger partial charge on any atom is 0.191 e. The van der Waals surface area contributed by atoms with Crippen molar-refractivity contribution in [2.45, 2.75) is 52.4 Å². The topological polar surface area (TPSA) is 70.6 Å². The average molecular weight is 330 g/mol. The van der Waals surface area contributed by atoms with Gasteiger partial charge < -0.3 is 10.6 Å². The minimum atomic E-state index is -2.92. The lowest BCUT2D eigenvalue weighted by Gasteiger charge is -2.41. The molecule has 2 saturated carbocycles. The Morgan fingerprint density at radius 1 is 1.09 bits per heavy atom. The van der Waals surface area contributed by atoms with E-state index in [0.29, 0.717) is 12.0 Å². The number of hydrogen-bond acceptors (Lipinski definition) is 3. The maximum atomic E-state index is 11.5. The third kappa shape index (κ3) is 4.86. The lowest BCUT2D eigenvalue weighted by atomic mass is 9.67. The molecule has 0 radical (unpaired) electrons. The molecule has 0 heterocycles. The van der Waals surface area contributed by atoms with Gasteiger partial charge in [-0.05, 0) is 44.4 Å². The van der Waals surface area contributed by atoms with Crippen LogP contribution >= 0.6 is 0 Å². The molecule has 2 aliphatic rings. The second kappa shape index (κ2) is 6.77. The van der Waals surface area contributed by atoms with Crippen molar-refractivity contribution in [3.8, 4) is 0 Å². The fraction of sp³-hybridized carbons (Fsp3) is 0.938. The van der Waals surface area contributed by atoms with Crippen LogP contribution in [0.4, 0.5) is 0 Å². The van der Waals surface area contributed by atoms with Gasteiger partial charge in [0.05, 0.1) is 5.75 Å². The zero-order valence-electron chi connectivity index (χ0n) is 14.2. The van der Waals surface area contributed by atoms with Crippen LogP contribution < -0.4 is 10.6 Å². The summed E-state index contributed by atoms with van der Waals surface area (Å²) in [6.07, 6.45) is 8.41. The van der Waals surface area contributed by atoms with Gasteiger partial charge in [0.25, 0.3) is 0 Å². The van der Waals surface area contributed by atoms with Gasteiger partial charge in [0, 0.05) is 31.3 Å². The first kappa shape index (κ1) is 17.6. The lowest BCUT2D eigenvalue weighted by Crippen LogP contribution is -2.46. The summed E-state index contributed by atoms with van der Waals surface area (Å²) in [6, 6.07) is 0. The molecule has 6 heteroatoms. The number of hydrogen-bond donors (Lipinski definition) is 2. The molecular weight excluding hydrogens is 298 g/mol. The van der Waals surface area contributed by atoms with Crippen LogP contribution in [0.1, 0.15) is 52.4 Å². The zero-order chi connectivity index (χ0) is 16.3. The molecule has 0 aromatic carbocycles. The monoisotopic (exact) mass is 329 g/mol. The van der Waals surface area contributed by atoms with E-state index in [2.05, 4.69) is 29.5 Å². The van der Waals surface area contributed by atoms with Crippen LogP contribution in [-0.4, -0.2) is 46.0 Å². The Hall–Kier alpha value is -0.780. The maximum absolute atomic E-state index is 11.5. The van der Waals surface area contributed by atoms with Crippen LogP contribution in [0.25, 0.3) is 0 Å². The van der Waals surface area contributed by atoms with Gasteiger partial charge >= 0.3 is 0 Å². The lowest BCUT2D eigenvalue weighted by molar-refractivity contribution is 0.131. The Morgan fingerprint density at radius 3 is 2.18 bits per heavy atom. The van der Waals surface area contributed by atoms with E-state index in [9.17, 15) is 8.42 Å². The summed E-state index contributed by atoms with van der Waals surface area (Å²) in [5.41, 5.74) is 0.342. The molecule has 0 saturated heterocycles. The second-order valence-corrected chi connectivity index (χ2v) is 9.47. The number of sulfone groups is 1. The van der Waals surface area contributed by atoms with E-state index in [1.807, 2.05) is 0 Å². The Bertz CT molecular complexity index is 500. The molecule has 0 spiro atoms. The van der Waals surface area contributed by atoms with Crippen LogP contribution in [0, 0.1) is 10.8 Å². The predicted molar refractivity (Wildman–Crippen MR) is 91.9 cm³/mol. The van der Waals surface area contributed by atoms with Gasteiger partial charge in [-0.1, -0.05) is 13.3 Å². The van der Waals surface area contributed by atoms with Crippen molar-refractivity contribution in [1.82, 2.24) is 10.6 Å². The van der Waals surface area contributed by atoms with Gasteiger partial charge in [0.15, 0.2) is 5.96 Å². The van der Waals surface area contributed by atoms with Gasteiger partial charge in [-0.25, -0.2) is 8.42 Å². The molecule has 0 aliphatic heterocycles. The summed E-state index contributed by atoms with van der Waals surface area (Å²) >= 11 is 0. The molecular formula is C16H31N3O2S. The molecule has 128 valence electrons. The van der Waals surface area contributed by atoms with Crippen molar-refractivity contribution in [3.63, 3.8) is 0 Å². The first-order valence-corrected chi connectivity index (χ1v) is 10.6. The Labute approximate surface area is 135 Å². The quantitative estimate of drug-likeness (QED) is 0.527. The summed E-state index contributed by atoms with van der Waals surface area (Å²) in [6.45, 7) is 6.71. The van der Waals surface area contributed by atoms with Crippen molar-refractivity contribution < 1.29 is 8.42 Å². The normalized spacial score (nSPS) is 22.8. The van der Waals surface area contributed by atoms with Gasteiger partial charge in [-0.2, -0.15) is 0 Å². The number of aliphatic imine (C=N–C) groups is 1. The van der Waals surface area contributed by atoms with E-state index in [4.69, 9.17) is 0 Å². The number of nitrogens with one attached hydrogen (secondary N) is 2. The third-order valence-corrected chi connectivity index (χ3v) is 6.37. The third-order valence-electron chi connectivity index (χ3n) is 5.24. The molecule has 0 bridgehead atoms. The van der Waals surface area contributed by atoms with Crippen LogP contribution in [0.3, 0.4) is 0 Å². The van der Waals surface area contributed by atoms with Gasteiger partial charge in [0.2, 0.25) is 0 Å². The zero-order valence-corrected chi connectivity index (χ0v) is 15.1. The van der Waals surface area contributed by atoms with Crippen LogP contribution in [0.15, 0.2) is 4.99 Å².